The number of hydrogen-bond donors (Lipinski definition) is 1. The number of nitrogens with one attached hydrogen (secondary N) is 1. The van der Waals surface area contributed by atoms with Gasteiger partial charge in [-0.2, -0.15) is 0 Å². The molecular formula is C22H20N4OS. The third kappa shape index (κ3) is 4.18. The summed E-state index contributed by atoms with van der Waals surface area (Å²) in [6.45, 7) is 2.79. The molecule has 1 N–H and O–H groups in total. The topological polar surface area (TPSA) is 59.8 Å². The van der Waals surface area contributed by atoms with Gasteiger partial charge in [0.2, 0.25) is 5.91 Å². The van der Waals surface area contributed by atoms with E-state index in [2.05, 4.69) is 46.9 Å². The standard InChI is InChI=1S/C22H20N4OS/c1-16-6-8-18(9-7-16)19-15-28-22(25-19)20-5-3-11-26(20)14-21(27)24-13-17-4-2-10-23-12-17/h2-12,15H,13-14H2,1H3,(H,24,27). The fourth-order valence-corrected chi connectivity index (χ4v) is 3.78. The first-order valence-electron chi connectivity index (χ1n) is 9.03. The zero-order chi connectivity index (χ0) is 19.3. The van der Waals surface area contributed by atoms with Crippen molar-refractivity contribution in [2.75, 3.05) is 0 Å². The fourth-order valence-electron chi connectivity index (χ4n) is 2.91. The van der Waals surface area contributed by atoms with Crippen molar-refractivity contribution in [1.29, 1.82) is 0 Å². The van der Waals surface area contributed by atoms with Crippen LogP contribution in [-0.4, -0.2) is 20.4 Å². The number of carbonyl (C=O) groups is 1. The summed E-state index contributed by atoms with van der Waals surface area (Å²) in [5.74, 6) is -0.0448. The summed E-state index contributed by atoms with van der Waals surface area (Å²) in [7, 11) is 0. The number of nitrogens with zero attached hydrogens (tertiary/aromatic N) is 3. The molecule has 1 aromatic carbocycles. The van der Waals surface area contributed by atoms with Crippen molar-refractivity contribution in [2.45, 2.75) is 20.0 Å². The third-order valence-electron chi connectivity index (χ3n) is 4.43. The van der Waals surface area contributed by atoms with E-state index < -0.39 is 0 Å². The zero-order valence-electron chi connectivity index (χ0n) is 15.5. The second-order valence-electron chi connectivity index (χ2n) is 6.56. The van der Waals surface area contributed by atoms with Crippen LogP contribution in [0.2, 0.25) is 0 Å². The molecule has 3 heterocycles. The van der Waals surface area contributed by atoms with Crippen LogP contribution in [0.1, 0.15) is 11.1 Å². The van der Waals surface area contributed by atoms with E-state index in [9.17, 15) is 4.79 Å². The minimum Gasteiger partial charge on any atom is -0.350 e. The maximum atomic E-state index is 12.4. The molecule has 28 heavy (non-hydrogen) atoms. The van der Waals surface area contributed by atoms with Crippen LogP contribution >= 0.6 is 11.3 Å². The average Bonchev–Trinajstić information content (AvgIpc) is 3.37. The summed E-state index contributed by atoms with van der Waals surface area (Å²) in [6, 6.07) is 16.1. The Balaban J connectivity index is 1.45. The van der Waals surface area contributed by atoms with Gasteiger partial charge >= 0.3 is 0 Å². The van der Waals surface area contributed by atoms with Crippen molar-refractivity contribution in [1.82, 2.24) is 19.9 Å². The lowest BCUT2D eigenvalue weighted by Gasteiger charge is -2.08. The first kappa shape index (κ1) is 18.1. The second kappa shape index (κ2) is 8.19. The maximum Gasteiger partial charge on any atom is 0.240 e. The van der Waals surface area contributed by atoms with Gasteiger partial charge in [-0.05, 0) is 30.7 Å². The second-order valence-corrected chi connectivity index (χ2v) is 7.42. The van der Waals surface area contributed by atoms with Gasteiger partial charge < -0.3 is 9.88 Å². The molecule has 6 heteroatoms. The van der Waals surface area contributed by atoms with Crippen LogP contribution in [0.25, 0.3) is 22.0 Å². The fraction of sp³-hybridized carbons (Fsp3) is 0.136. The van der Waals surface area contributed by atoms with Crippen LogP contribution in [0.4, 0.5) is 0 Å². The molecule has 140 valence electrons. The summed E-state index contributed by atoms with van der Waals surface area (Å²) < 4.78 is 1.93. The summed E-state index contributed by atoms with van der Waals surface area (Å²) >= 11 is 1.59. The van der Waals surface area contributed by atoms with Gasteiger partial charge in [0.1, 0.15) is 11.6 Å². The Hall–Kier alpha value is -3.25. The molecule has 0 radical (unpaired) electrons. The van der Waals surface area contributed by atoms with Gasteiger partial charge in [0, 0.05) is 36.1 Å². The molecule has 0 aliphatic rings. The van der Waals surface area contributed by atoms with E-state index >= 15 is 0 Å². The Labute approximate surface area is 167 Å². The SMILES string of the molecule is Cc1ccc(-c2csc(-c3cccn3CC(=O)NCc3cccnc3)n2)cc1. The van der Waals surface area contributed by atoms with Crippen LogP contribution < -0.4 is 5.32 Å². The van der Waals surface area contributed by atoms with E-state index in [1.54, 1.807) is 23.7 Å². The average molecular weight is 388 g/mol. The number of aromatic nitrogens is 3. The van der Waals surface area contributed by atoms with Gasteiger partial charge in [-0.1, -0.05) is 35.9 Å². The monoisotopic (exact) mass is 388 g/mol. The van der Waals surface area contributed by atoms with Crippen molar-refractivity contribution < 1.29 is 4.79 Å². The minimum absolute atomic E-state index is 0.0448. The van der Waals surface area contributed by atoms with E-state index in [4.69, 9.17) is 4.98 Å². The molecule has 0 saturated carbocycles. The van der Waals surface area contributed by atoms with Crippen molar-refractivity contribution >= 4 is 17.2 Å². The summed E-state index contributed by atoms with van der Waals surface area (Å²) in [4.78, 5) is 21.2. The Morgan fingerprint density at radius 1 is 1.14 bits per heavy atom. The van der Waals surface area contributed by atoms with E-state index in [0.29, 0.717) is 6.54 Å². The number of aryl methyl sites for hydroxylation is 1. The lowest BCUT2D eigenvalue weighted by Crippen LogP contribution is -2.27. The van der Waals surface area contributed by atoms with E-state index in [1.165, 1.54) is 5.56 Å². The molecular weight excluding hydrogens is 368 g/mol. The molecule has 0 bridgehead atoms. The van der Waals surface area contributed by atoms with Gasteiger partial charge in [-0.3, -0.25) is 9.78 Å². The zero-order valence-corrected chi connectivity index (χ0v) is 16.3. The largest absolute Gasteiger partial charge is 0.350 e. The normalized spacial score (nSPS) is 10.8. The lowest BCUT2D eigenvalue weighted by molar-refractivity contribution is -0.121. The molecule has 4 aromatic rings. The molecule has 4 rings (SSSR count). The maximum absolute atomic E-state index is 12.4. The lowest BCUT2D eigenvalue weighted by atomic mass is 10.1. The van der Waals surface area contributed by atoms with Gasteiger partial charge in [0.05, 0.1) is 11.4 Å². The number of benzene rings is 1. The number of carbonyl (C=O) groups excluding carboxylic acids is 1. The smallest absolute Gasteiger partial charge is 0.240 e. The Morgan fingerprint density at radius 2 is 2.00 bits per heavy atom. The Bertz CT molecular complexity index is 1070. The van der Waals surface area contributed by atoms with Gasteiger partial charge in [0.15, 0.2) is 0 Å². The number of rotatable bonds is 6. The molecule has 0 aliphatic carbocycles. The highest BCUT2D eigenvalue weighted by Gasteiger charge is 2.12. The molecule has 0 fully saturated rings. The molecule has 0 spiro atoms. The Morgan fingerprint density at radius 3 is 2.79 bits per heavy atom. The predicted octanol–water partition coefficient (Wildman–Crippen LogP) is 4.30. The molecule has 0 aliphatic heterocycles. The molecule has 0 unspecified atom stereocenters. The van der Waals surface area contributed by atoms with E-state index in [1.807, 2.05) is 35.0 Å². The summed E-state index contributed by atoms with van der Waals surface area (Å²) in [6.07, 6.45) is 5.38. The van der Waals surface area contributed by atoms with Crippen LogP contribution in [0.15, 0.2) is 72.5 Å². The van der Waals surface area contributed by atoms with Gasteiger partial charge in [0.25, 0.3) is 0 Å². The van der Waals surface area contributed by atoms with Crippen LogP contribution in [0.5, 0.6) is 0 Å². The van der Waals surface area contributed by atoms with Crippen LogP contribution in [-0.2, 0) is 17.9 Å². The van der Waals surface area contributed by atoms with Crippen molar-refractivity contribution in [2.24, 2.45) is 0 Å². The summed E-state index contributed by atoms with van der Waals surface area (Å²) in [5.41, 5.74) is 5.20. The first-order chi connectivity index (χ1) is 13.7. The number of amides is 1. The van der Waals surface area contributed by atoms with Crippen LogP contribution in [0, 0.1) is 6.92 Å². The van der Waals surface area contributed by atoms with Gasteiger partial charge in [-0.15, -0.1) is 11.3 Å². The number of hydrogen-bond acceptors (Lipinski definition) is 4. The highest BCUT2D eigenvalue weighted by molar-refractivity contribution is 7.13. The molecule has 1 amide bonds. The first-order valence-corrected chi connectivity index (χ1v) is 9.91. The molecule has 0 saturated heterocycles. The highest BCUT2D eigenvalue weighted by atomic mass is 32.1. The molecule has 0 atom stereocenters. The predicted molar refractivity (Wildman–Crippen MR) is 112 cm³/mol. The molecule has 3 aromatic heterocycles. The van der Waals surface area contributed by atoms with E-state index in [0.717, 1.165) is 27.5 Å². The van der Waals surface area contributed by atoms with Crippen molar-refractivity contribution in [3.63, 3.8) is 0 Å². The summed E-state index contributed by atoms with van der Waals surface area (Å²) in [5, 5.41) is 5.89. The number of thiazole rings is 1. The van der Waals surface area contributed by atoms with Gasteiger partial charge in [-0.25, -0.2) is 4.98 Å². The minimum atomic E-state index is -0.0448. The molecule has 5 nitrogen and oxygen atoms in total. The van der Waals surface area contributed by atoms with E-state index in [-0.39, 0.29) is 12.5 Å². The number of pyridine rings is 1. The van der Waals surface area contributed by atoms with Crippen LogP contribution in [0.3, 0.4) is 0 Å². The van der Waals surface area contributed by atoms with Crippen molar-refractivity contribution in [3.8, 4) is 22.0 Å². The Kier molecular flexibility index (Phi) is 5.30. The third-order valence-corrected chi connectivity index (χ3v) is 5.29. The quantitative estimate of drug-likeness (QED) is 0.536. The van der Waals surface area contributed by atoms with Crippen molar-refractivity contribution in [3.05, 3.63) is 83.6 Å². The highest BCUT2D eigenvalue weighted by Crippen LogP contribution is 2.29.